The maximum Gasteiger partial charge on any atom is 0.100 e. The quantitative estimate of drug-likeness (QED) is 0.792. The molecular weight excluding hydrogens is 250 g/mol. The fraction of sp³-hybridized carbons (Fsp3) is 0.846. The van der Waals surface area contributed by atoms with Gasteiger partial charge in [-0.1, -0.05) is 18.1 Å². The highest BCUT2D eigenvalue weighted by Crippen LogP contribution is 2.43. The van der Waals surface area contributed by atoms with Gasteiger partial charge in [-0.25, -0.2) is 4.68 Å². The van der Waals surface area contributed by atoms with Gasteiger partial charge in [0.15, 0.2) is 0 Å². The van der Waals surface area contributed by atoms with E-state index in [9.17, 15) is 0 Å². The molecule has 1 aromatic heterocycles. The van der Waals surface area contributed by atoms with Gasteiger partial charge in [0.1, 0.15) is 5.69 Å². The van der Waals surface area contributed by atoms with Gasteiger partial charge in [-0.2, -0.15) is 0 Å². The summed E-state index contributed by atoms with van der Waals surface area (Å²) in [5.74, 6) is 0. The number of hydrogen-bond acceptors (Lipinski definition) is 3. The molecule has 0 aromatic carbocycles. The van der Waals surface area contributed by atoms with Gasteiger partial charge in [-0.15, -0.1) is 16.7 Å². The number of nitrogens with zero attached hydrogens (tertiary/aromatic N) is 3. The van der Waals surface area contributed by atoms with Crippen molar-refractivity contribution >= 4 is 11.6 Å². The molecule has 2 heterocycles. The van der Waals surface area contributed by atoms with Crippen LogP contribution in [0.5, 0.6) is 0 Å². The molecule has 2 unspecified atom stereocenters. The Labute approximate surface area is 113 Å². The Morgan fingerprint density at radius 2 is 2.28 bits per heavy atom. The molecule has 5 heteroatoms. The summed E-state index contributed by atoms with van der Waals surface area (Å²) in [6.07, 6.45) is 9.71. The fourth-order valence-corrected chi connectivity index (χ4v) is 3.30. The lowest BCUT2D eigenvalue weighted by atomic mass is 9.98. The molecule has 2 atom stereocenters. The van der Waals surface area contributed by atoms with Gasteiger partial charge < -0.3 is 4.74 Å². The van der Waals surface area contributed by atoms with Crippen molar-refractivity contribution in [2.45, 2.75) is 69.1 Å². The first-order valence-corrected chi connectivity index (χ1v) is 7.32. The molecule has 1 saturated heterocycles. The summed E-state index contributed by atoms with van der Waals surface area (Å²) in [6, 6.07) is 0. The van der Waals surface area contributed by atoms with Crippen LogP contribution < -0.4 is 0 Å². The zero-order chi connectivity index (χ0) is 12.6. The molecule has 1 aliphatic heterocycles. The van der Waals surface area contributed by atoms with E-state index in [1.165, 1.54) is 32.1 Å². The average molecular weight is 270 g/mol. The number of rotatable bonds is 3. The van der Waals surface area contributed by atoms with Crippen LogP contribution in [-0.4, -0.2) is 26.7 Å². The van der Waals surface area contributed by atoms with Crippen LogP contribution in [0, 0.1) is 0 Å². The second kappa shape index (κ2) is 4.82. The normalized spacial score (nSPS) is 28.0. The number of halogens is 1. The molecule has 1 saturated carbocycles. The Balaban J connectivity index is 1.60. The van der Waals surface area contributed by atoms with E-state index >= 15 is 0 Å². The molecule has 4 nitrogen and oxygen atoms in total. The minimum absolute atomic E-state index is 0.0792. The van der Waals surface area contributed by atoms with E-state index in [0.29, 0.717) is 6.10 Å². The zero-order valence-electron chi connectivity index (χ0n) is 10.8. The molecule has 1 spiro atoms. The van der Waals surface area contributed by atoms with E-state index in [1.807, 2.05) is 17.8 Å². The van der Waals surface area contributed by atoms with Gasteiger partial charge in [0.2, 0.25) is 0 Å². The van der Waals surface area contributed by atoms with Crippen LogP contribution in [0.3, 0.4) is 0 Å². The molecule has 0 bridgehead atoms. The Morgan fingerprint density at radius 1 is 1.50 bits per heavy atom. The summed E-state index contributed by atoms with van der Waals surface area (Å²) in [4.78, 5) is 0. The standard InChI is InChI=1S/C13H20ClN3O/c1-10(14)12-9-17(16-15-12)8-11-4-7-13(18-11)5-2-3-6-13/h9-11H,2-8H2,1H3. The van der Waals surface area contributed by atoms with Crippen molar-refractivity contribution in [2.75, 3.05) is 0 Å². The largest absolute Gasteiger partial charge is 0.370 e. The minimum atomic E-state index is -0.0792. The van der Waals surface area contributed by atoms with E-state index in [-0.39, 0.29) is 11.0 Å². The van der Waals surface area contributed by atoms with E-state index in [0.717, 1.165) is 18.7 Å². The summed E-state index contributed by atoms with van der Waals surface area (Å²) in [5.41, 5.74) is 1.04. The number of ether oxygens (including phenoxy) is 1. The Hall–Kier alpha value is -0.610. The lowest BCUT2D eigenvalue weighted by molar-refractivity contribution is -0.0430. The van der Waals surface area contributed by atoms with Crippen molar-refractivity contribution in [1.82, 2.24) is 15.0 Å². The summed E-state index contributed by atoms with van der Waals surface area (Å²) in [5, 5.41) is 8.11. The van der Waals surface area contributed by atoms with Crippen molar-refractivity contribution < 1.29 is 4.74 Å². The van der Waals surface area contributed by atoms with Gasteiger partial charge in [-0.3, -0.25) is 0 Å². The van der Waals surface area contributed by atoms with Gasteiger partial charge in [0.05, 0.1) is 29.8 Å². The predicted octanol–water partition coefficient (Wildman–Crippen LogP) is 3.07. The highest BCUT2D eigenvalue weighted by molar-refractivity contribution is 6.20. The monoisotopic (exact) mass is 269 g/mol. The van der Waals surface area contributed by atoms with E-state index in [1.54, 1.807) is 0 Å². The molecule has 0 radical (unpaired) electrons. The first-order valence-electron chi connectivity index (χ1n) is 6.89. The summed E-state index contributed by atoms with van der Waals surface area (Å²) < 4.78 is 8.13. The van der Waals surface area contributed by atoms with Gasteiger partial charge in [0, 0.05) is 0 Å². The maximum absolute atomic E-state index is 6.26. The number of hydrogen-bond donors (Lipinski definition) is 0. The van der Waals surface area contributed by atoms with Crippen LogP contribution in [0.4, 0.5) is 0 Å². The first-order chi connectivity index (χ1) is 8.67. The van der Waals surface area contributed by atoms with Crippen molar-refractivity contribution in [1.29, 1.82) is 0 Å². The molecule has 1 aromatic rings. The van der Waals surface area contributed by atoms with Crippen LogP contribution in [0.2, 0.25) is 0 Å². The van der Waals surface area contributed by atoms with Crippen LogP contribution in [0.25, 0.3) is 0 Å². The third kappa shape index (κ3) is 2.41. The summed E-state index contributed by atoms with van der Waals surface area (Å²) in [6.45, 7) is 2.72. The van der Waals surface area contributed by atoms with Gasteiger partial charge >= 0.3 is 0 Å². The number of aromatic nitrogens is 3. The topological polar surface area (TPSA) is 39.9 Å². The Bertz CT molecular complexity index is 412. The van der Waals surface area contributed by atoms with Gasteiger partial charge in [-0.05, 0) is 32.6 Å². The molecule has 0 amide bonds. The second-order valence-corrected chi connectivity index (χ2v) is 6.30. The molecule has 18 heavy (non-hydrogen) atoms. The SMILES string of the molecule is CC(Cl)c1cn(CC2CCC3(CCCC3)O2)nn1. The minimum Gasteiger partial charge on any atom is -0.370 e. The van der Waals surface area contributed by atoms with Crippen LogP contribution in [-0.2, 0) is 11.3 Å². The fourth-order valence-electron chi connectivity index (χ4n) is 3.20. The maximum atomic E-state index is 6.26. The van der Waals surface area contributed by atoms with E-state index in [2.05, 4.69) is 10.3 Å². The lowest BCUT2D eigenvalue weighted by Gasteiger charge is -2.23. The Kier molecular flexibility index (Phi) is 3.32. The van der Waals surface area contributed by atoms with E-state index < -0.39 is 0 Å². The first kappa shape index (κ1) is 12.4. The second-order valence-electron chi connectivity index (χ2n) is 5.65. The smallest absolute Gasteiger partial charge is 0.100 e. The average Bonchev–Trinajstić information content (AvgIpc) is 3.03. The Morgan fingerprint density at radius 3 is 2.94 bits per heavy atom. The molecule has 1 aliphatic carbocycles. The third-order valence-electron chi connectivity index (χ3n) is 4.21. The van der Waals surface area contributed by atoms with Crippen molar-refractivity contribution in [3.63, 3.8) is 0 Å². The summed E-state index contributed by atoms with van der Waals surface area (Å²) >= 11 is 5.98. The molecular formula is C13H20ClN3O. The van der Waals surface area contributed by atoms with Crippen LogP contribution in [0.15, 0.2) is 6.20 Å². The van der Waals surface area contributed by atoms with Crippen LogP contribution in [0.1, 0.15) is 56.5 Å². The molecule has 2 fully saturated rings. The molecule has 0 N–H and O–H groups in total. The number of alkyl halides is 1. The molecule has 2 aliphatic rings. The van der Waals surface area contributed by atoms with Gasteiger partial charge in [0.25, 0.3) is 0 Å². The van der Waals surface area contributed by atoms with Crippen LogP contribution >= 0.6 is 11.6 Å². The highest BCUT2D eigenvalue weighted by atomic mass is 35.5. The van der Waals surface area contributed by atoms with Crippen molar-refractivity contribution in [3.05, 3.63) is 11.9 Å². The van der Waals surface area contributed by atoms with Crippen molar-refractivity contribution in [3.8, 4) is 0 Å². The molecule has 3 rings (SSSR count). The highest BCUT2D eigenvalue weighted by Gasteiger charge is 2.42. The third-order valence-corrected chi connectivity index (χ3v) is 4.43. The van der Waals surface area contributed by atoms with Crippen molar-refractivity contribution in [2.24, 2.45) is 0 Å². The van der Waals surface area contributed by atoms with E-state index in [4.69, 9.17) is 16.3 Å². The molecule has 100 valence electrons. The zero-order valence-corrected chi connectivity index (χ0v) is 11.6. The summed E-state index contributed by atoms with van der Waals surface area (Å²) in [7, 11) is 0. The lowest BCUT2D eigenvalue weighted by Crippen LogP contribution is -2.26. The predicted molar refractivity (Wildman–Crippen MR) is 69.6 cm³/mol.